The minimum absolute atomic E-state index is 0.661. The Morgan fingerprint density at radius 1 is 1.21 bits per heavy atom. The first-order valence-corrected chi connectivity index (χ1v) is 8.16. The van der Waals surface area contributed by atoms with Crippen LogP contribution in [0.15, 0.2) is 23.1 Å². The van der Waals surface area contributed by atoms with E-state index in [1.807, 2.05) is 17.8 Å². The molecule has 0 aromatic heterocycles. The van der Waals surface area contributed by atoms with Gasteiger partial charge in [-0.05, 0) is 56.2 Å². The second-order valence-corrected chi connectivity index (χ2v) is 6.26. The lowest BCUT2D eigenvalue weighted by Crippen LogP contribution is -2.20. The summed E-state index contributed by atoms with van der Waals surface area (Å²) in [5.41, 5.74) is 0. The van der Waals surface area contributed by atoms with Crippen molar-refractivity contribution in [3.8, 4) is 11.5 Å². The van der Waals surface area contributed by atoms with Crippen LogP contribution in [-0.2, 0) is 0 Å². The number of nitrogens with one attached hydrogen (secondary N) is 1. The summed E-state index contributed by atoms with van der Waals surface area (Å²) in [5.74, 6) is 2.96. The van der Waals surface area contributed by atoms with Gasteiger partial charge in [0.1, 0.15) is 13.2 Å². The van der Waals surface area contributed by atoms with Crippen LogP contribution in [0.1, 0.15) is 25.7 Å². The van der Waals surface area contributed by atoms with E-state index in [-0.39, 0.29) is 0 Å². The number of rotatable bonds is 5. The van der Waals surface area contributed by atoms with Gasteiger partial charge in [0.2, 0.25) is 0 Å². The quantitative estimate of drug-likeness (QED) is 0.663. The predicted molar refractivity (Wildman–Crippen MR) is 78.4 cm³/mol. The van der Waals surface area contributed by atoms with E-state index in [1.54, 1.807) is 0 Å². The van der Waals surface area contributed by atoms with Crippen LogP contribution < -0.4 is 14.8 Å². The monoisotopic (exact) mass is 279 g/mol. The van der Waals surface area contributed by atoms with Crippen LogP contribution in [0.3, 0.4) is 0 Å². The van der Waals surface area contributed by atoms with Crippen molar-refractivity contribution in [2.75, 3.05) is 25.5 Å². The van der Waals surface area contributed by atoms with Crippen LogP contribution in [0, 0.1) is 0 Å². The number of hydrogen-bond acceptors (Lipinski definition) is 4. The maximum atomic E-state index is 5.60. The minimum atomic E-state index is 0.661. The Labute approximate surface area is 119 Å². The first-order valence-electron chi connectivity index (χ1n) is 7.18. The standard InChI is InChI=1S/C15H21NO2S/c1-3-12(16-7-1)4-2-10-19-13-5-6-14-15(11-13)18-9-8-17-14/h5-6,11-12,16H,1-4,7-10H2. The molecule has 1 saturated heterocycles. The molecule has 2 aliphatic rings. The Bertz CT molecular complexity index is 419. The van der Waals surface area contributed by atoms with E-state index in [4.69, 9.17) is 9.47 Å². The smallest absolute Gasteiger partial charge is 0.162 e. The number of benzene rings is 1. The Morgan fingerprint density at radius 2 is 2.11 bits per heavy atom. The van der Waals surface area contributed by atoms with E-state index >= 15 is 0 Å². The normalized spacial score (nSPS) is 21.6. The zero-order valence-corrected chi connectivity index (χ0v) is 12.0. The SMILES string of the molecule is c1cc2c(cc1SCCCC1CCCN1)OCCO2. The highest BCUT2D eigenvalue weighted by Crippen LogP contribution is 2.34. The molecule has 1 fully saturated rings. The molecular weight excluding hydrogens is 258 g/mol. The number of thioether (sulfide) groups is 1. The van der Waals surface area contributed by atoms with Crippen LogP contribution in [0.25, 0.3) is 0 Å². The average Bonchev–Trinajstić information content (AvgIpc) is 2.97. The van der Waals surface area contributed by atoms with Crippen LogP contribution in [0.5, 0.6) is 11.5 Å². The minimum Gasteiger partial charge on any atom is -0.486 e. The number of ether oxygens (including phenoxy) is 2. The molecule has 0 spiro atoms. The van der Waals surface area contributed by atoms with Crippen LogP contribution in [0.4, 0.5) is 0 Å². The Morgan fingerprint density at radius 3 is 2.95 bits per heavy atom. The summed E-state index contributed by atoms with van der Waals surface area (Å²) in [6.45, 7) is 2.53. The van der Waals surface area contributed by atoms with E-state index in [1.165, 1.54) is 42.9 Å². The van der Waals surface area contributed by atoms with Crippen LogP contribution in [-0.4, -0.2) is 31.6 Å². The number of fused-ring (bicyclic) bond motifs is 1. The van der Waals surface area contributed by atoms with Crippen molar-refractivity contribution in [2.45, 2.75) is 36.6 Å². The molecular formula is C15H21NO2S. The molecule has 0 amide bonds. The molecule has 0 bridgehead atoms. The van der Waals surface area contributed by atoms with Crippen molar-refractivity contribution in [3.05, 3.63) is 18.2 Å². The van der Waals surface area contributed by atoms with Gasteiger partial charge < -0.3 is 14.8 Å². The van der Waals surface area contributed by atoms with Gasteiger partial charge in [-0.25, -0.2) is 0 Å². The van der Waals surface area contributed by atoms with Gasteiger partial charge in [-0.1, -0.05) is 0 Å². The number of hydrogen-bond donors (Lipinski definition) is 1. The van der Waals surface area contributed by atoms with E-state index in [0.717, 1.165) is 17.5 Å². The lowest BCUT2D eigenvalue weighted by molar-refractivity contribution is 0.171. The third kappa shape index (κ3) is 3.57. The summed E-state index contributed by atoms with van der Waals surface area (Å²) in [5, 5.41) is 3.55. The summed E-state index contributed by atoms with van der Waals surface area (Å²) in [6, 6.07) is 7.02. The van der Waals surface area contributed by atoms with Crippen molar-refractivity contribution < 1.29 is 9.47 Å². The summed E-state index contributed by atoms with van der Waals surface area (Å²) in [7, 11) is 0. The maximum Gasteiger partial charge on any atom is 0.162 e. The molecule has 2 aliphatic heterocycles. The Hall–Kier alpha value is -0.870. The molecule has 3 nitrogen and oxygen atoms in total. The zero-order valence-electron chi connectivity index (χ0n) is 11.2. The van der Waals surface area contributed by atoms with Crippen LogP contribution >= 0.6 is 11.8 Å². The van der Waals surface area contributed by atoms with Gasteiger partial charge >= 0.3 is 0 Å². The predicted octanol–water partition coefficient (Wildman–Crippen LogP) is 3.08. The van der Waals surface area contributed by atoms with Gasteiger partial charge in [0.05, 0.1) is 0 Å². The molecule has 0 saturated carbocycles. The van der Waals surface area contributed by atoms with Gasteiger partial charge in [-0.15, -0.1) is 11.8 Å². The molecule has 1 N–H and O–H groups in total. The topological polar surface area (TPSA) is 30.5 Å². The van der Waals surface area contributed by atoms with Crippen molar-refractivity contribution in [1.29, 1.82) is 0 Å². The highest BCUT2D eigenvalue weighted by molar-refractivity contribution is 7.99. The fraction of sp³-hybridized carbons (Fsp3) is 0.600. The molecule has 0 aliphatic carbocycles. The molecule has 1 unspecified atom stereocenters. The van der Waals surface area contributed by atoms with E-state index < -0.39 is 0 Å². The van der Waals surface area contributed by atoms with Crippen LogP contribution in [0.2, 0.25) is 0 Å². The van der Waals surface area contributed by atoms with E-state index in [2.05, 4.69) is 17.4 Å². The second-order valence-electron chi connectivity index (χ2n) is 5.09. The maximum absolute atomic E-state index is 5.60. The third-order valence-corrected chi connectivity index (χ3v) is 4.72. The van der Waals surface area contributed by atoms with Gasteiger partial charge in [-0.3, -0.25) is 0 Å². The Kier molecular flexibility index (Phi) is 4.51. The molecule has 1 atom stereocenters. The molecule has 104 valence electrons. The van der Waals surface area contributed by atoms with Gasteiger partial charge in [-0.2, -0.15) is 0 Å². The molecule has 1 aromatic carbocycles. The van der Waals surface area contributed by atoms with Gasteiger partial charge in [0.25, 0.3) is 0 Å². The molecule has 0 radical (unpaired) electrons. The van der Waals surface area contributed by atoms with E-state index in [0.29, 0.717) is 13.2 Å². The summed E-state index contributed by atoms with van der Waals surface area (Å²) >= 11 is 1.91. The highest BCUT2D eigenvalue weighted by Gasteiger charge is 2.14. The van der Waals surface area contributed by atoms with Crippen molar-refractivity contribution >= 4 is 11.8 Å². The summed E-state index contributed by atoms with van der Waals surface area (Å²) < 4.78 is 11.1. The molecule has 4 heteroatoms. The second kappa shape index (κ2) is 6.53. The van der Waals surface area contributed by atoms with Crippen molar-refractivity contribution in [1.82, 2.24) is 5.32 Å². The molecule has 19 heavy (non-hydrogen) atoms. The zero-order chi connectivity index (χ0) is 12.9. The van der Waals surface area contributed by atoms with Crippen molar-refractivity contribution in [2.24, 2.45) is 0 Å². The molecule has 2 heterocycles. The first-order chi connectivity index (χ1) is 9.42. The Balaban J connectivity index is 1.44. The lowest BCUT2D eigenvalue weighted by Gasteiger charge is -2.18. The summed E-state index contributed by atoms with van der Waals surface area (Å²) in [4.78, 5) is 1.28. The van der Waals surface area contributed by atoms with E-state index in [9.17, 15) is 0 Å². The summed E-state index contributed by atoms with van der Waals surface area (Å²) in [6.07, 6.45) is 5.28. The highest BCUT2D eigenvalue weighted by atomic mass is 32.2. The third-order valence-electron chi connectivity index (χ3n) is 3.64. The largest absolute Gasteiger partial charge is 0.486 e. The fourth-order valence-corrected chi connectivity index (χ4v) is 3.54. The van der Waals surface area contributed by atoms with Gasteiger partial charge in [0, 0.05) is 10.9 Å². The first kappa shape index (κ1) is 13.1. The fourth-order valence-electron chi connectivity index (χ4n) is 2.64. The van der Waals surface area contributed by atoms with Crippen molar-refractivity contribution in [3.63, 3.8) is 0 Å². The molecule has 3 rings (SSSR count). The molecule has 1 aromatic rings. The lowest BCUT2D eigenvalue weighted by atomic mass is 10.1. The average molecular weight is 279 g/mol. The van der Waals surface area contributed by atoms with Gasteiger partial charge in [0.15, 0.2) is 11.5 Å².